The van der Waals surface area contributed by atoms with Gasteiger partial charge in [-0.1, -0.05) is 331 Å². The van der Waals surface area contributed by atoms with Crippen LogP contribution in [0, 0.1) is 0 Å². The van der Waals surface area contributed by atoms with Crippen LogP contribution in [0.25, 0.3) is 177 Å². The van der Waals surface area contributed by atoms with Crippen LogP contribution in [0.4, 0.5) is 0 Å². The van der Waals surface area contributed by atoms with Crippen LogP contribution < -0.4 is 0 Å². The van der Waals surface area contributed by atoms with Gasteiger partial charge in [0, 0.05) is 29.6 Å². The topological polar surface area (TPSA) is 35.6 Å². The number of aromatic nitrogens is 4. The Labute approximate surface area is 663 Å². The minimum Gasteiger partial charge on any atom is -0.296 e. The predicted octanol–water partition coefficient (Wildman–Crippen LogP) is 28.4. The Hall–Kier alpha value is -14.1. The van der Waals surface area contributed by atoms with E-state index in [0.717, 1.165) is 74.6 Å². The predicted molar refractivity (Wildman–Crippen MR) is 477 cm³/mol. The van der Waals surface area contributed by atoms with Crippen LogP contribution in [0.3, 0.4) is 0 Å². The molecule has 2 heterocycles. The number of hydrogen-bond acceptors (Lipinski definition) is 2. The standard InChI is InChI=1S/C110H78N4/c1-5-102-111-98-41-22-24-43-100(98)113(102)80-57-49-72(50-58-80)104-84-34-16-17-35-85(84)106(77-55-61-83-82-33-20-21-39-95(82)110(97(83)68-77,78-29-12-8-13-30-78)79-31-14-9-15-32-79)91-65-75(54-62-88(91)104)70-45-47-71(48-46-70)76-56-64-94-93(67-76)108-90(38-26-40-96(108)109(94,3)4)107-87-37-19-18-36-86(87)105(89-63-53-74(66-92(89)107)69-27-10-7-11-28-69)73-51-59-81(60-52-73)114-101-44-25-23-42-99(101)112-103(114)6-2/h7-68H,5-6H2,1-4H3. The van der Waals surface area contributed by atoms with E-state index in [1.165, 1.54) is 160 Å². The zero-order chi connectivity index (χ0) is 75.9. The molecule has 0 radical (unpaired) electrons. The van der Waals surface area contributed by atoms with Crippen molar-refractivity contribution in [3.63, 3.8) is 0 Å². The molecule has 0 N–H and O–H groups in total. The average Bonchev–Trinajstić information content (AvgIpc) is 1.53. The molecule has 2 aromatic heterocycles. The minimum absolute atomic E-state index is 0.264. The fourth-order valence-electron chi connectivity index (χ4n) is 20.0. The van der Waals surface area contributed by atoms with Crippen LogP contribution in [0.2, 0.25) is 0 Å². The molecule has 0 saturated heterocycles. The summed E-state index contributed by atoms with van der Waals surface area (Å²) in [6, 6.07) is 141. The first-order chi connectivity index (χ1) is 56.2. The maximum Gasteiger partial charge on any atom is 0.114 e. The maximum atomic E-state index is 5.08. The summed E-state index contributed by atoms with van der Waals surface area (Å²) in [7, 11) is 0. The van der Waals surface area contributed by atoms with Crippen molar-refractivity contribution in [2.75, 3.05) is 0 Å². The fraction of sp³-hybridized carbons (Fsp3) is 0.0727. The van der Waals surface area contributed by atoms with E-state index < -0.39 is 5.41 Å². The molecule has 2 aliphatic carbocycles. The monoisotopic (exact) mass is 1450 g/mol. The maximum absolute atomic E-state index is 5.08. The summed E-state index contributed by atoms with van der Waals surface area (Å²) >= 11 is 0. The molecule has 2 aliphatic rings. The number of fused-ring (bicyclic) bond motifs is 12. The van der Waals surface area contributed by atoms with Crippen LogP contribution >= 0.6 is 0 Å². The molecule has 0 amide bonds. The second-order valence-corrected chi connectivity index (χ2v) is 31.5. The van der Waals surface area contributed by atoms with Gasteiger partial charge in [0.1, 0.15) is 11.6 Å². The van der Waals surface area contributed by atoms with Crippen molar-refractivity contribution < 1.29 is 0 Å². The Morgan fingerprint density at radius 1 is 0.237 bits per heavy atom. The van der Waals surface area contributed by atoms with E-state index in [2.05, 4.69) is 413 Å². The molecule has 4 heteroatoms. The van der Waals surface area contributed by atoms with E-state index in [-0.39, 0.29) is 5.41 Å². The summed E-state index contributed by atoms with van der Waals surface area (Å²) in [5.41, 5.74) is 35.2. The quantitative estimate of drug-likeness (QED) is 0.108. The van der Waals surface area contributed by atoms with Crippen LogP contribution in [0.15, 0.2) is 376 Å². The number of aryl methyl sites for hydroxylation is 2. The van der Waals surface area contributed by atoms with Gasteiger partial charge in [0.25, 0.3) is 0 Å². The van der Waals surface area contributed by atoms with Crippen molar-refractivity contribution in [1.29, 1.82) is 0 Å². The molecule has 538 valence electrons. The molecule has 4 nitrogen and oxygen atoms in total. The van der Waals surface area contributed by atoms with Gasteiger partial charge < -0.3 is 0 Å². The lowest BCUT2D eigenvalue weighted by atomic mass is 9.67. The third kappa shape index (κ3) is 10.2. The second kappa shape index (κ2) is 26.3. The van der Waals surface area contributed by atoms with Crippen LogP contribution in [0.5, 0.6) is 0 Å². The van der Waals surface area contributed by atoms with Crippen LogP contribution in [-0.4, -0.2) is 19.1 Å². The SMILES string of the molecule is CCc1nc2ccccc2n1-c1ccc(-c2c3ccccc3c(-c3ccc4c(c3)C(c3ccccc3)(c3ccccc3)c3ccccc3-4)c3cc(-c4ccc(-c5ccc6c(c5)-c5c(-c7c8ccccc8c(-c8ccc(-n9c(CC)nc%10ccccc%109)cc8)c8ccc(-c9ccccc9)cc78)cccc5C6(C)C)cc4)ccc23)cc1. The van der Waals surface area contributed by atoms with E-state index in [0.29, 0.717) is 0 Å². The third-order valence-corrected chi connectivity index (χ3v) is 25.1. The van der Waals surface area contributed by atoms with Crippen molar-refractivity contribution in [3.05, 3.63) is 421 Å². The van der Waals surface area contributed by atoms with E-state index >= 15 is 0 Å². The molecule has 0 aliphatic heterocycles. The van der Waals surface area contributed by atoms with E-state index in [1.54, 1.807) is 0 Å². The molecule has 0 unspecified atom stereocenters. The first-order valence-electron chi connectivity index (χ1n) is 40.1. The highest BCUT2D eigenvalue weighted by atomic mass is 15.1. The first-order valence-corrected chi connectivity index (χ1v) is 40.1. The Kier molecular flexibility index (Phi) is 15.4. The van der Waals surface area contributed by atoms with Gasteiger partial charge in [-0.05, 0) is 249 Å². The molecule has 0 atom stereocenters. The van der Waals surface area contributed by atoms with Gasteiger partial charge in [0.15, 0.2) is 0 Å². The largest absolute Gasteiger partial charge is 0.296 e. The van der Waals surface area contributed by atoms with E-state index in [1.807, 2.05) is 0 Å². The van der Waals surface area contributed by atoms with E-state index in [4.69, 9.17) is 9.97 Å². The summed E-state index contributed by atoms with van der Waals surface area (Å²) in [6.45, 7) is 9.21. The highest BCUT2D eigenvalue weighted by molar-refractivity contribution is 6.25. The van der Waals surface area contributed by atoms with Crippen molar-refractivity contribution >= 4 is 65.2 Å². The molecule has 0 spiro atoms. The minimum atomic E-state index is -0.569. The summed E-state index contributed by atoms with van der Waals surface area (Å²) in [5.74, 6) is 2.10. The van der Waals surface area contributed by atoms with Gasteiger partial charge in [-0.25, -0.2) is 9.97 Å². The highest BCUT2D eigenvalue weighted by Crippen LogP contribution is 2.59. The molecule has 0 fully saturated rings. The molecule has 0 saturated carbocycles. The van der Waals surface area contributed by atoms with Crippen LogP contribution in [0.1, 0.15) is 72.7 Å². The lowest BCUT2D eigenvalue weighted by Gasteiger charge is -2.34. The summed E-state index contributed by atoms with van der Waals surface area (Å²) in [6.07, 6.45) is 1.65. The van der Waals surface area contributed by atoms with Gasteiger partial charge in [0.05, 0.1) is 27.5 Å². The van der Waals surface area contributed by atoms with E-state index in [9.17, 15) is 0 Å². The van der Waals surface area contributed by atoms with Gasteiger partial charge in [0.2, 0.25) is 0 Å². The number of imidazole rings is 2. The summed E-state index contributed by atoms with van der Waals surface area (Å²) in [4.78, 5) is 10.1. The summed E-state index contributed by atoms with van der Waals surface area (Å²) < 4.78 is 4.65. The van der Waals surface area contributed by atoms with Crippen molar-refractivity contribution in [2.24, 2.45) is 0 Å². The molecule has 0 bridgehead atoms. The first kappa shape index (κ1) is 66.9. The zero-order valence-electron chi connectivity index (χ0n) is 64.0. The molecule has 22 rings (SSSR count). The zero-order valence-corrected chi connectivity index (χ0v) is 64.0. The average molecular weight is 1460 g/mol. The summed E-state index contributed by atoms with van der Waals surface area (Å²) in [5, 5.41) is 9.72. The Morgan fingerprint density at radius 2 is 0.623 bits per heavy atom. The number of nitrogens with zero attached hydrogens (tertiary/aromatic N) is 4. The Bertz CT molecular complexity index is 7250. The molecule has 20 aromatic rings. The number of para-hydroxylation sites is 4. The van der Waals surface area contributed by atoms with Gasteiger partial charge in [-0.3, -0.25) is 9.13 Å². The molecular weight excluding hydrogens is 1380 g/mol. The lowest BCUT2D eigenvalue weighted by Crippen LogP contribution is -2.28. The van der Waals surface area contributed by atoms with Gasteiger partial charge in [-0.2, -0.15) is 0 Å². The number of rotatable bonds is 13. The van der Waals surface area contributed by atoms with Crippen molar-refractivity contribution in [1.82, 2.24) is 19.1 Å². The molecule has 114 heavy (non-hydrogen) atoms. The van der Waals surface area contributed by atoms with Crippen molar-refractivity contribution in [2.45, 2.75) is 51.4 Å². The van der Waals surface area contributed by atoms with Crippen LogP contribution in [-0.2, 0) is 23.7 Å². The number of benzene rings is 18. The number of hydrogen-bond donors (Lipinski definition) is 0. The van der Waals surface area contributed by atoms with Crippen molar-refractivity contribution in [3.8, 4) is 112 Å². The highest BCUT2D eigenvalue weighted by Gasteiger charge is 2.46. The molecular formula is C110H78N4. The third-order valence-electron chi connectivity index (χ3n) is 25.1. The smallest absolute Gasteiger partial charge is 0.114 e. The fourth-order valence-corrected chi connectivity index (χ4v) is 20.0. The second-order valence-electron chi connectivity index (χ2n) is 31.5. The van der Waals surface area contributed by atoms with Gasteiger partial charge >= 0.3 is 0 Å². The van der Waals surface area contributed by atoms with Gasteiger partial charge in [-0.15, -0.1) is 0 Å². The normalized spacial score (nSPS) is 13.1. The Balaban J connectivity index is 0.691. The molecule has 18 aromatic carbocycles. The lowest BCUT2D eigenvalue weighted by molar-refractivity contribution is 0.660. The Morgan fingerprint density at radius 3 is 1.17 bits per heavy atom.